The van der Waals surface area contributed by atoms with Crippen molar-refractivity contribution in [3.63, 3.8) is 0 Å². The zero-order valence-electron chi connectivity index (χ0n) is 11.7. The molecule has 0 bridgehead atoms. The molecule has 6 heteroatoms. The molecule has 0 aliphatic carbocycles. The van der Waals surface area contributed by atoms with Gasteiger partial charge in [-0.15, -0.1) is 0 Å². The Bertz CT molecular complexity index is 976. The molecule has 0 saturated heterocycles. The average Bonchev–Trinajstić information content (AvgIpc) is 3.01. The molecule has 2 heterocycles. The number of aromatic nitrogens is 3. The van der Waals surface area contributed by atoms with Gasteiger partial charge in [-0.05, 0) is 42.3 Å². The first-order valence-corrected chi connectivity index (χ1v) is 6.89. The number of pyridine rings is 1. The smallest absolute Gasteiger partial charge is 0.192 e. The quantitative estimate of drug-likeness (QED) is 0.385. The summed E-state index contributed by atoms with van der Waals surface area (Å²) in [5, 5.41) is 4.63. The van der Waals surface area contributed by atoms with Gasteiger partial charge in [-0.1, -0.05) is 17.5 Å². The fourth-order valence-electron chi connectivity index (χ4n) is 1.91. The van der Waals surface area contributed by atoms with Crippen molar-refractivity contribution in [3.8, 4) is 17.5 Å². The van der Waals surface area contributed by atoms with Gasteiger partial charge in [0.1, 0.15) is 16.7 Å². The van der Waals surface area contributed by atoms with Crippen LogP contribution < -0.4 is 0 Å². The molecule has 0 unspecified atom stereocenters. The van der Waals surface area contributed by atoms with Gasteiger partial charge in [0, 0.05) is 18.0 Å². The third-order valence-electron chi connectivity index (χ3n) is 2.91. The molecule has 0 amide bonds. The van der Waals surface area contributed by atoms with E-state index in [9.17, 15) is 4.39 Å². The molecule has 0 fully saturated rings. The number of hydrogen-bond acceptors (Lipinski definition) is 2. The molecule has 1 aromatic carbocycles. The highest BCUT2D eigenvalue weighted by molar-refractivity contribution is 6.29. The molecule has 2 aromatic heterocycles. The predicted octanol–water partition coefficient (Wildman–Crippen LogP) is 4.01. The third kappa shape index (κ3) is 3.55. The van der Waals surface area contributed by atoms with Crippen molar-refractivity contribution in [1.29, 1.82) is 0 Å². The van der Waals surface area contributed by atoms with Crippen molar-refractivity contribution >= 4 is 17.3 Å². The fourth-order valence-corrected chi connectivity index (χ4v) is 2.08. The van der Waals surface area contributed by atoms with Crippen LogP contribution in [0.25, 0.3) is 10.5 Å². The van der Waals surface area contributed by atoms with Crippen molar-refractivity contribution in [2.75, 3.05) is 0 Å². The highest BCUT2D eigenvalue weighted by Crippen LogP contribution is 2.19. The minimum absolute atomic E-state index is 0.217. The van der Waals surface area contributed by atoms with Crippen LogP contribution in [-0.2, 0) is 0 Å². The van der Waals surface area contributed by atoms with Gasteiger partial charge in [-0.3, -0.25) is 0 Å². The molecule has 110 valence electrons. The largest absolute Gasteiger partial charge is 0.244 e. The molecule has 0 saturated carbocycles. The number of nitrogens with zero attached hydrogens (tertiary/aromatic N) is 4. The van der Waals surface area contributed by atoms with Crippen LogP contribution in [-0.4, -0.2) is 14.8 Å². The van der Waals surface area contributed by atoms with Gasteiger partial charge >= 0.3 is 0 Å². The first kappa shape index (κ1) is 14.8. The van der Waals surface area contributed by atoms with Gasteiger partial charge in [0.05, 0.1) is 12.3 Å². The molecule has 0 aliphatic heterocycles. The maximum atomic E-state index is 13.5. The molecular weight excluding hydrogens is 315 g/mol. The van der Waals surface area contributed by atoms with Gasteiger partial charge in [-0.25, -0.2) is 18.9 Å². The third-order valence-corrected chi connectivity index (χ3v) is 3.12. The van der Waals surface area contributed by atoms with Gasteiger partial charge in [0.2, 0.25) is 0 Å². The van der Waals surface area contributed by atoms with Crippen LogP contribution in [0.4, 0.5) is 10.1 Å². The predicted molar refractivity (Wildman–Crippen MR) is 85.0 cm³/mol. The number of rotatable bonds is 1. The lowest BCUT2D eigenvalue weighted by atomic mass is 10.2. The molecule has 3 aromatic rings. The van der Waals surface area contributed by atoms with Gasteiger partial charge < -0.3 is 0 Å². The van der Waals surface area contributed by atoms with Crippen LogP contribution in [0.2, 0.25) is 5.15 Å². The second-order valence-corrected chi connectivity index (χ2v) is 4.93. The van der Waals surface area contributed by atoms with E-state index >= 15 is 0 Å². The van der Waals surface area contributed by atoms with Gasteiger partial charge in [-0.2, -0.15) is 5.10 Å². The second-order valence-electron chi connectivity index (χ2n) is 4.54. The number of halogens is 2. The van der Waals surface area contributed by atoms with Crippen molar-refractivity contribution in [2.45, 2.75) is 0 Å². The summed E-state index contributed by atoms with van der Waals surface area (Å²) in [6, 6.07) is 9.14. The number of benzene rings is 1. The van der Waals surface area contributed by atoms with Crippen LogP contribution in [0.1, 0.15) is 11.3 Å². The maximum Gasteiger partial charge on any atom is 0.192 e. The fraction of sp³-hybridized carbons (Fsp3) is 0. The SMILES string of the molecule is [C-]#[N+]c1cc(F)cc(-n2ccc(C#Cc3ccnc(Cl)c3)n2)c1. The lowest BCUT2D eigenvalue weighted by Gasteiger charge is -2.01. The standard InChI is InChI=1S/C17H8ClFN4/c1-20-15-9-13(19)10-16(11-15)23-7-5-14(22-23)3-2-12-4-6-21-17(18)8-12/h4-11H. The van der Waals surface area contributed by atoms with Crippen LogP contribution >= 0.6 is 11.6 Å². The van der Waals surface area contributed by atoms with Crippen LogP contribution in [0, 0.1) is 24.2 Å². The first-order chi connectivity index (χ1) is 11.1. The Balaban J connectivity index is 1.90. The topological polar surface area (TPSA) is 35.1 Å². The van der Waals surface area contributed by atoms with E-state index in [0.29, 0.717) is 16.5 Å². The summed E-state index contributed by atoms with van der Waals surface area (Å²) >= 11 is 5.80. The molecule has 0 radical (unpaired) electrons. The molecule has 3 rings (SSSR count). The molecular formula is C17H8ClFN4. The monoisotopic (exact) mass is 322 g/mol. The van der Waals surface area contributed by atoms with Crippen LogP contribution in [0.15, 0.2) is 48.8 Å². The highest BCUT2D eigenvalue weighted by atomic mass is 35.5. The Hall–Kier alpha value is -3.15. The lowest BCUT2D eigenvalue weighted by molar-refractivity contribution is 0.626. The Morgan fingerprint density at radius 1 is 1.17 bits per heavy atom. The molecule has 0 atom stereocenters. The van der Waals surface area contributed by atoms with Crippen molar-refractivity contribution < 1.29 is 4.39 Å². The van der Waals surface area contributed by atoms with E-state index in [1.165, 1.54) is 16.8 Å². The molecule has 0 N–H and O–H groups in total. The summed E-state index contributed by atoms with van der Waals surface area (Å²) in [6.07, 6.45) is 3.23. The van der Waals surface area contributed by atoms with Crippen LogP contribution in [0.3, 0.4) is 0 Å². The average molecular weight is 323 g/mol. The van der Waals surface area contributed by atoms with Gasteiger partial charge in [0.15, 0.2) is 5.69 Å². The van der Waals surface area contributed by atoms with Crippen molar-refractivity contribution in [3.05, 3.63) is 82.4 Å². The highest BCUT2D eigenvalue weighted by Gasteiger charge is 2.04. The zero-order chi connectivity index (χ0) is 16.2. The van der Waals surface area contributed by atoms with Crippen molar-refractivity contribution in [2.24, 2.45) is 0 Å². The van der Waals surface area contributed by atoms with Crippen molar-refractivity contribution in [1.82, 2.24) is 14.8 Å². The molecule has 0 aliphatic rings. The Morgan fingerprint density at radius 3 is 2.83 bits per heavy atom. The summed E-state index contributed by atoms with van der Waals surface area (Å²) in [6.45, 7) is 6.97. The van der Waals surface area contributed by atoms with E-state index in [4.69, 9.17) is 18.2 Å². The van der Waals surface area contributed by atoms with E-state index in [0.717, 1.165) is 5.56 Å². The Kier molecular flexibility index (Phi) is 4.05. The van der Waals surface area contributed by atoms with Crippen LogP contribution in [0.5, 0.6) is 0 Å². The normalized spacial score (nSPS) is 9.78. The minimum Gasteiger partial charge on any atom is -0.244 e. The molecule has 4 nitrogen and oxygen atoms in total. The Morgan fingerprint density at radius 2 is 2.04 bits per heavy atom. The lowest BCUT2D eigenvalue weighted by Crippen LogP contribution is -1.95. The summed E-state index contributed by atoms with van der Waals surface area (Å²) in [5.74, 6) is 5.34. The van der Waals surface area contributed by atoms with E-state index in [-0.39, 0.29) is 5.69 Å². The summed E-state index contributed by atoms with van der Waals surface area (Å²) in [4.78, 5) is 7.11. The zero-order valence-corrected chi connectivity index (χ0v) is 12.4. The summed E-state index contributed by atoms with van der Waals surface area (Å²) in [5.41, 5.74) is 1.93. The van der Waals surface area contributed by atoms with Gasteiger partial charge in [0.25, 0.3) is 0 Å². The molecule has 0 spiro atoms. The second kappa shape index (κ2) is 6.31. The van der Waals surface area contributed by atoms with E-state index in [1.807, 2.05) is 0 Å². The Labute approximate surface area is 137 Å². The first-order valence-electron chi connectivity index (χ1n) is 6.52. The molecule has 23 heavy (non-hydrogen) atoms. The minimum atomic E-state index is -0.483. The summed E-state index contributed by atoms with van der Waals surface area (Å²) < 4.78 is 15.0. The number of hydrogen-bond donors (Lipinski definition) is 0. The summed E-state index contributed by atoms with van der Waals surface area (Å²) in [7, 11) is 0. The van der Waals surface area contributed by atoms with E-state index in [1.54, 1.807) is 36.7 Å². The van der Waals surface area contributed by atoms with E-state index < -0.39 is 5.82 Å². The van der Waals surface area contributed by atoms with E-state index in [2.05, 4.69) is 26.8 Å². The maximum absolute atomic E-state index is 13.5.